The van der Waals surface area contributed by atoms with Gasteiger partial charge >= 0.3 is 0 Å². The number of nitrogens with one attached hydrogen (secondary N) is 1. The number of rotatable bonds is 8. The minimum Gasteiger partial charge on any atom is -0.385 e. The van der Waals surface area contributed by atoms with Gasteiger partial charge in [0.2, 0.25) is 0 Å². The first kappa shape index (κ1) is 13.7. The zero-order valence-electron chi connectivity index (χ0n) is 10.1. The van der Waals surface area contributed by atoms with Crippen LogP contribution in [0.5, 0.6) is 0 Å². The molecule has 1 unspecified atom stereocenters. The average Bonchev–Trinajstić information content (AvgIpc) is 2.20. The summed E-state index contributed by atoms with van der Waals surface area (Å²) in [4.78, 5) is 0. The van der Waals surface area contributed by atoms with Gasteiger partial charge < -0.3 is 10.1 Å². The summed E-state index contributed by atoms with van der Waals surface area (Å²) in [7, 11) is 1.76. The predicted octanol–water partition coefficient (Wildman–Crippen LogP) is 2.60. The first-order chi connectivity index (χ1) is 6.72. The van der Waals surface area contributed by atoms with Crippen molar-refractivity contribution in [1.82, 2.24) is 5.32 Å². The van der Waals surface area contributed by atoms with Crippen LogP contribution in [0.15, 0.2) is 11.6 Å². The van der Waals surface area contributed by atoms with Crippen LogP contribution in [0, 0.1) is 5.92 Å². The molecule has 14 heavy (non-hydrogen) atoms. The van der Waals surface area contributed by atoms with E-state index in [4.69, 9.17) is 4.74 Å². The molecule has 2 heteroatoms. The molecule has 2 nitrogen and oxygen atoms in total. The van der Waals surface area contributed by atoms with Crippen LogP contribution >= 0.6 is 0 Å². The van der Waals surface area contributed by atoms with E-state index in [0.29, 0.717) is 5.92 Å². The molecule has 0 spiro atoms. The number of hydrogen-bond donors (Lipinski definition) is 1. The third kappa shape index (κ3) is 7.10. The molecule has 1 atom stereocenters. The van der Waals surface area contributed by atoms with Crippen LogP contribution in [0.2, 0.25) is 0 Å². The number of hydrogen-bond acceptors (Lipinski definition) is 2. The zero-order valence-corrected chi connectivity index (χ0v) is 10.1. The monoisotopic (exact) mass is 199 g/mol. The van der Waals surface area contributed by atoms with E-state index in [9.17, 15) is 0 Å². The molecule has 0 rings (SSSR count). The summed E-state index contributed by atoms with van der Waals surface area (Å²) in [6.07, 6.45) is 4.60. The highest BCUT2D eigenvalue weighted by molar-refractivity contribution is 5.02. The molecule has 0 saturated carbocycles. The minimum absolute atomic E-state index is 0.650. The van der Waals surface area contributed by atoms with E-state index in [0.717, 1.165) is 32.5 Å². The highest BCUT2D eigenvalue weighted by atomic mass is 16.5. The quantitative estimate of drug-likeness (QED) is 0.479. The van der Waals surface area contributed by atoms with Gasteiger partial charge in [-0.2, -0.15) is 0 Å². The number of methoxy groups -OCH3 is 1. The minimum atomic E-state index is 0.650. The molecule has 1 N–H and O–H groups in total. The first-order valence-electron chi connectivity index (χ1n) is 5.58. The SMILES string of the molecule is CCNCC/C=C(/C)C(C)CCOC. The van der Waals surface area contributed by atoms with Crippen molar-refractivity contribution in [3.8, 4) is 0 Å². The van der Waals surface area contributed by atoms with Crippen molar-refractivity contribution in [1.29, 1.82) is 0 Å². The second kappa shape index (κ2) is 9.22. The van der Waals surface area contributed by atoms with E-state index in [1.54, 1.807) is 7.11 Å². The lowest BCUT2D eigenvalue weighted by Gasteiger charge is -2.11. The highest BCUT2D eigenvalue weighted by Crippen LogP contribution is 2.14. The lowest BCUT2D eigenvalue weighted by atomic mass is 9.98. The predicted molar refractivity (Wildman–Crippen MR) is 62.6 cm³/mol. The molecule has 84 valence electrons. The topological polar surface area (TPSA) is 21.3 Å². The fourth-order valence-electron chi connectivity index (χ4n) is 1.30. The molecular formula is C12H25NO. The third-order valence-corrected chi connectivity index (χ3v) is 2.57. The van der Waals surface area contributed by atoms with Crippen molar-refractivity contribution >= 4 is 0 Å². The maximum absolute atomic E-state index is 5.07. The summed E-state index contributed by atoms with van der Waals surface area (Å²) in [5.74, 6) is 0.650. The van der Waals surface area contributed by atoms with Crippen LogP contribution in [0.1, 0.15) is 33.6 Å². The Hall–Kier alpha value is -0.340. The summed E-state index contributed by atoms with van der Waals surface area (Å²) in [5, 5.41) is 3.32. The first-order valence-corrected chi connectivity index (χ1v) is 5.58. The smallest absolute Gasteiger partial charge is 0.0467 e. The van der Waals surface area contributed by atoms with E-state index in [1.807, 2.05) is 0 Å². The van der Waals surface area contributed by atoms with Gasteiger partial charge in [-0.1, -0.05) is 25.5 Å². The van der Waals surface area contributed by atoms with Crippen molar-refractivity contribution in [2.75, 3.05) is 26.8 Å². The molecule has 0 saturated heterocycles. The van der Waals surface area contributed by atoms with Gasteiger partial charge in [-0.05, 0) is 38.8 Å². The van der Waals surface area contributed by atoms with Gasteiger partial charge in [0.05, 0.1) is 0 Å². The molecule has 0 amide bonds. The Morgan fingerprint density at radius 3 is 2.79 bits per heavy atom. The normalized spacial score (nSPS) is 14.4. The van der Waals surface area contributed by atoms with E-state index in [-0.39, 0.29) is 0 Å². The fourth-order valence-corrected chi connectivity index (χ4v) is 1.30. The van der Waals surface area contributed by atoms with Crippen LogP contribution in [-0.4, -0.2) is 26.8 Å². The van der Waals surface area contributed by atoms with Crippen LogP contribution < -0.4 is 5.32 Å². The van der Waals surface area contributed by atoms with Gasteiger partial charge in [0.1, 0.15) is 0 Å². The largest absolute Gasteiger partial charge is 0.385 e. The molecule has 0 heterocycles. The van der Waals surface area contributed by atoms with Gasteiger partial charge in [0, 0.05) is 13.7 Å². The molecule has 0 aliphatic heterocycles. The zero-order chi connectivity index (χ0) is 10.8. The number of allylic oxidation sites excluding steroid dienone is 1. The molecule has 0 aromatic carbocycles. The van der Waals surface area contributed by atoms with E-state index in [2.05, 4.69) is 32.2 Å². The third-order valence-electron chi connectivity index (χ3n) is 2.57. The summed E-state index contributed by atoms with van der Waals surface area (Å²) >= 11 is 0. The molecule has 0 fully saturated rings. The van der Waals surface area contributed by atoms with Crippen molar-refractivity contribution in [2.24, 2.45) is 5.92 Å². The van der Waals surface area contributed by atoms with Crippen LogP contribution in [0.4, 0.5) is 0 Å². The maximum Gasteiger partial charge on any atom is 0.0467 e. The van der Waals surface area contributed by atoms with Gasteiger partial charge in [-0.3, -0.25) is 0 Å². The lowest BCUT2D eigenvalue weighted by molar-refractivity contribution is 0.185. The Labute approximate surface area is 88.7 Å². The van der Waals surface area contributed by atoms with Crippen molar-refractivity contribution < 1.29 is 4.74 Å². The van der Waals surface area contributed by atoms with Gasteiger partial charge in [-0.15, -0.1) is 0 Å². The highest BCUT2D eigenvalue weighted by Gasteiger charge is 2.02. The second-order valence-electron chi connectivity index (χ2n) is 3.77. The molecule has 0 aromatic heterocycles. The average molecular weight is 199 g/mol. The van der Waals surface area contributed by atoms with E-state index < -0.39 is 0 Å². The summed E-state index contributed by atoms with van der Waals surface area (Å²) < 4.78 is 5.07. The summed E-state index contributed by atoms with van der Waals surface area (Å²) in [5.41, 5.74) is 1.49. The molecule has 0 bridgehead atoms. The van der Waals surface area contributed by atoms with Crippen LogP contribution in [0.3, 0.4) is 0 Å². The second-order valence-corrected chi connectivity index (χ2v) is 3.77. The van der Waals surface area contributed by atoms with Crippen LogP contribution in [0.25, 0.3) is 0 Å². The van der Waals surface area contributed by atoms with Crippen molar-refractivity contribution in [3.05, 3.63) is 11.6 Å². The lowest BCUT2D eigenvalue weighted by Crippen LogP contribution is -2.13. The Kier molecular flexibility index (Phi) is 9.00. The molecule has 0 radical (unpaired) electrons. The van der Waals surface area contributed by atoms with E-state index >= 15 is 0 Å². The van der Waals surface area contributed by atoms with Gasteiger partial charge in [-0.25, -0.2) is 0 Å². The van der Waals surface area contributed by atoms with Crippen molar-refractivity contribution in [3.63, 3.8) is 0 Å². The van der Waals surface area contributed by atoms with Crippen molar-refractivity contribution in [2.45, 2.75) is 33.6 Å². The molecule has 0 aliphatic carbocycles. The van der Waals surface area contributed by atoms with Gasteiger partial charge in [0.15, 0.2) is 0 Å². The summed E-state index contributed by atoms with van der Waals surface area (Å²) in [6, 6.07) is 0. The maximum atomic E-state index is 5.07. The standard InChI is InChI=1S/C12H25NO/c1-5-13-9-6-7-11(2)12(3)8-10-14-4/h7,12-13H,5-6,8-10H2,1-4H3/b11-7-. The van der Waals surface area contributed by atoms with E-state index in [1.165, 1.54) is 5.57 Å². The molecule has 0 aromatic rings. The molecule has 0 aliphatic rings. The Morgan fingerprint density at radius 1 is 1.50 bits per heavy atom. The van der Waals surface area contributed by atoms with Gasteiger partial charge in [0.25, 0.3) is 0 Å². The van der Waals surface area contributed by atoms with Crippen LogP contribution in [-0.2, 0) is 4.74 Å². The molecular weight excluding hydrogens is 174 g/mol. The number of ether oxygens (including phenoxy) is 1. The Balaban J connectivity index is 3.62. The Morgan fingerprint density at radius 2 is 2.21 bits per heavy atom. The summed E-state index contributed by atoms with van der Waals surface area (Å²) in [6.45, 7) is 9.62. The fraction of sp³-hybridized carbons (Fsp3) is 0.833. The Bertz CT molecular complexity index is 154.